The van der Waals surface area contributed by atoms with Gasteiger partial charge in [-0.1, -0.05) is 6.92 Å². The SMILES string of the molecule is CC1CCN(CCOCCO)CC1N. The van der Waals surface area contributed by atoms with Crippen LogP contribution in [0.1, 0.15) is 13.3 Å². The molecule has 0 radical (unpaired) electrons. The predicted octanol–water partition coefficient (Wildman–Crippen LogP) is -0.336. The Labute approximate surface area is 86.0 Å². The van der Waals surface area contributed by atoms with Gasteiger partial charge in [0.25, 0.3) is 0 Å². The van der Waals surface area contributed by atoms with Crippen molar-refractivity contribution < 1.29 is 9.84 Å². The molecular formula is C10H22N2O2. The zero-order valence-corrected chi connectivity index (χ0v) is 8.98. The average molecular weight is 202 g/mol. The van der Waals surface area contributed by atoms with Gasteiger partial charge in [-0.05, 0) is 18.9 Å². The summed E-state index contributed by atoms with van der Waals surface area (Å²) in [6.07, 6.45) is 1.18. The maximum atomic E-state index is 8.52. The molecule has 0 aliphatic carbocycles. The zero-order valence-electron chi connectivity index (χ0n) is 8.98. The van der Waals surface area contributed by atoms with Crippen LogP contribution in [-0.2, 0) is 4.74 Å². The molecule has 4 nitrogen and oxygen atoms in total. The van der Waals surface area contributed by atoms with Gasteiger partial charge in [-0.25, -0.2) is 0 Å². The highest BCUT2D eigenvalue weighted by molar-refractivity contribution is 4.80. The van der Waals surface area contributed by atoms with E-state index in [0.29, 0.717) is 25.2 Å². The van der Waals surface area contributed by atoms with Crippen molar-refractivity contribution in [2.75, 3.05) is 39.5 Å². The minimum absolute atomic E-state index is 0.108. The molecule has 1 rings (SSSR count). The van der Waals surface area contributed by atoms with Crippen LogP contribution in [0.3, 0.4) is 0 Å². The molecule has 0 aromatic carbocycles. The number of ether oxygens (including phenoxy) is 1. The third-order valence-electron chi connectivity index (χ3n) is 2.89. The number of hydrogen-bond donors (Lipinski definition) is 2. The summed E-state index contributed by atoms with van der Waals surface area (Å²) in [6.45, 7) is 6.49. The first-order valence-corrected chi connectivity index (χ1v) is 5.40. The van der Waals surface area contributed by atoms with Crippen molar-refractivity contribution in [1.82, 2.24) is 4.90 Å². The monoisotopic (exact) mass is 202 g/mol. The van der Waals surface area contributed by atoms with Crippen molar-refractivity contribution in [1.29, 1.82) is 0 Å². The number of aliphatic hydroxyl groups is 1. The van der Waals surface area contributed by atoms with Crippen LogP contribution in [0.25, 0.3) is 0 Å². The van der Waals surface area contributed by atoms with E-state index in [1.807, 2.05) is 0 Å². The van der Waals surface area contributed by atoms with Gasteiger partial charge < -0.3 is 15.6 Å². The Balaban J connectivity index is 2.07. The highest BCUT2D eigenvalue weighted by atomic mass is 16.5. The summed E-state index contributed by atoms with van der Waals surface area (Å²) in [5.41, 5.74) is 5.98. The van der Waals surface area contributed by atoms with E-state index in [0.717, 1.165) is 19.6 Å². The summed E-state index contributed by atoms with van der Waals surface area (Å²) in [7, 11) is 0. The highest BCUT2D eigenvalue weighted by Crippen LogP contribution is 2.14. The molecule has 1 aliphatic rings. The smallest absolute Gasteiger partial charge is 0.0698 e. The molecule has 0 bridgehead atoms. The molecule has 2 atom stereocenters. The van der Waals surface area contributed by atoms with Crippen LogP contribution in [0.15, 0.2) is 0 Å². The molecular weight excluding hydrogens is 180 g/mol. The summed E-state index contributed by atoms with van der Waals surface area (Å²) in [5.74, 6) is 0.643. The van der Waals surface area contributed by atoms with E-state index in [1.54, 1.807) is 0 Å². The normalized spacial score (nSPS) is 29.4. The molecule has 1 fully saturated rings. The molecule has 0 amide bonds. The second kappa shape index (κ2) is 6.35. The number of piperidine rings is 1. The van der Waals surface area contributed by atoms with Gasteiger partial charge in [0, 0.05) is 19.1 Å². The lowest BCUT2D eigenvalue weighted by molar-refractivity contribution is 0.0624. The van der Waals surface area contributed by atoms with Crippen molar-refractivity contribution in [3.8, 4) is 0 Å². The van der Waals surface area contributed by atoms with Gasteiger partial charge in [0.2, 0.25) is 0 Å². The Morgan fingerprint density at radius 1 is 1.50 bits per heavy atom. The number of nitrogens with two attached hydrogens (primary N) is 1. The molecule has 1 saturated heterocycles. The van der Waals surface area contributed by atoms with Gasteiger partial charge >= 0.3 is 0 Å². The summed E-state index contributed by atoms with van der Waals surface area (Å²) in [4.78, 5) is 2.34. The number of aliphatic hydroxyl groups excluding tert-OH is 1. The zero-order chi connectivity index (χ0) is 10.4. The van der Waals surface area contributed by atoms with Crippen LogP contribution in [0, 0.1) is 5.92 Å². The van der Waals surface area contributed by atoms with Crippen LogP contribution in [0.4, 0.5) is 0 Å². The van der Waals surface area contributed by atoms with Gasteiger partial charge in [-0.15, -0.1) is 0 Å². The third kappa shape index (κ3) is 3.92. The molecule has 14 heavy (non-hydrogen) atoms. The fourth-order valence-corrected chi connectivity index (χ4v) is 1.73. The molecule has 1 aliphatic heterocycles. The fourth-order valence-electron chi connectivity index (χ4n) is 1.73. The predicted molar refractivity (Wildman–Crippen MR) is 56.1 cm³/mol. The number of likely N-dealkylation sites (tertiary alicyclic amines) is 1. The molecule has 1 heterocycles. The fraction of sp³-hybridized carbons (Fsp3) is 1.00. The summed E-state index contributed by atoms with van der Waals surface area (Å²) >= 11 is 0. The lowest BCUT2D eigenvalue weighted by Crippen LogP contribution is -2.48. The Kier molecular flexibility index (Phi) is 5.40. The summed E-state index contributed by atoms with van der Waals surface area (Å²) < 4.78 is 5.22. The van der Waals surface area contributed by atoms with Crippen molar-refractivity contribution in [3.63, 3.8) is 0 Å². The minimum Gasteiger partial charge on any atom is -0.394 e. The first-order valence-electron chi connectivity index (χ1n) is 5.40. The molecule has 84 valence electrons. The number of rotatable bonds is 5. The lowest BCUT2D eigenvalue weighted by atomic mass is 9.94. The van der Waals surface area contributed by atoms with E-state index < -0.39 is 0 Å². The average Bonchev–Trinajstić information content (AvgIpc) is 2.18. The topological polar surface area (TPSA) is 58.7 Å². The van der Waals surface area contributed by atoms with Crippen molar-refractivity contribution in [2.24, 2.45) is 11.7 Å². The van der Waals surface area contributed by atoms with Gasteiger partial charge in [-0.2, -0.15) is 0 Å². The minimum atomic E-state index is 0.108. The maximum absolute atomic E-state index is 8.52. The van der Waals surface area contributed by atoms with E-state index >= 15 is 0 Å². The van der Waals surface area contributed by atoms with Crippen molar-refractivity contribution in [2.45, 2.75) is 19.4 Å². The maximum Gasteiger partial charge on any atom is 0.0698 e. The van der Waals surface area contributed by atoms with E-state index in [4.69, 9.17) is 15.6 Å². The first-order chi connectivity index (χ1) is 6.74. The van der Waals surface area contributed by atoms with Crippen LogP contribution in [0.5, 0.6) is 0 Å². The van der Waals surface area contributed by atoms with Crippen LogP contribution >= 0.6 is 0 Å². The molecule has 0 saturated carbocycles. The largest absolute Gasteiger partial charge is 0.394 e. The molecule has 0 aromatic rings. The van der Waals surface area contributed by atoms with E-state index in [1.165, 1.54) is 6.42 Å². The summed E-state index contributed by atoms with van der Waals surface area (Å²) in [5, 5.41) is 8.52. The number of nitrogens with zero attached hydrogens (tertiary/aromatic N) is 1. The van der Waals surface area contributed by atoms with Crippen molar-refractivity contribution in [3.05, 3.63) is 0 Å². The first kappa shape index (κ1) is 11.9. The molecule has 0 spiro atoms. The lowest BCUT2D eigenvalue weighted by Gasteiger charge is -2.34. The third-order valence-corrected chi connectivity index (χ3v) is 2.89. The van der Waals surface area contributed by atoms with Crippen molar-refractivity contribution >= 4 is 0 Å². The number of hydrogen-bond acceptors (Lipinski definition) is 4. The van der Waals surface area contributed by atoms with Crippen LogP contribution < -0.4 is 5.73 Å². The second-order valence-electron chi connectivity index (χ2n) is 4.07. The highest BCUT2D eigenvalue weighted by Gasteiger charge is 2.22. The molecule has 2 unspecified atom stereocenters. The Morgan fingerprint density at radius 3 is 2.93 bits per heavy atom. The van der Waals surface area contributed by atoms with E-state index in [-0.39, 0.29) is 6.61 Å². The molecule has 3 N–H and O–H groups in total. The van der Waals surface area contributed by atoms with Gasteiger partial charge in [0.1, 0.15) is 0 Å². The van der Waals surface area contributed by atoms with E-state index in [9.17, 15) is 0 Å². The Hall–Kier alpha value is -0.160. The Bertz CT molecular complexity index is 155. The van der Waals surface area contributed by atoms with Crippen LogP contribution in [0.2, 0.25) is 0 Å². The van der Waals surface area contributed by atoms with E-state index in [2.05, 4.69) is 11.8 Å². The van der Waals surface area contributed by atoms with Gasteiger partial charge in [0.05, 0.1) is 19.8 Å². The standard InChI is InChI=1S/C10H22N2O2/c1-9-2-3-12(8-10(9)11)4-6-14-7-5-13/h9-10,13H,2-8,11H2,1H3. The van der Waals surface area contributed by atoms with Gasteiger partial charge in [0.15, 0.2) is 0 Å². The summed E-state index contributed by atoms with van der Waals surface area (Å²) in [6, 6.07) is 0.307. The van der Waals surface area contributed by atoms with Gasteiger partial charge in [-0.3, -0.25) is 4.90 Å². The van der Waals surface area contributed by atoms with Crippen LogP contribution in [-0.4, -0.2) is 55.5 Å². The molecule has 0 aromatic heterocycles. The Morgan fingerprint density at radius 2 is 2.29 bits per heavy atom. The second-order valence-corrected chi connectivity index (χ2v) is 4.07. The molecule has 4 heteroatoms. The quantitative estimate of drug-likeness (QED) is 0.599.